The Bertz CT molecular complexity index is 392. The molecular weight excluding hydrogens is 242 g/mol. The van der Waals surface area contributed by atoms with Gasteiger partial charge in [-0.05, 0) is 26.3 Å². The Balaban J connectivity index is 2.48. The van der Waals surface area contributed by atoms with Crippen molar-refractivity contribution in [3.63, 3.8) is 0 Å². The first-order chi connectivity index (χ1) is 9.06. The summed E-state index contributed by atoms with van der Waals surface area (Å²) in [6, 6.07) is 3.50. The van der Waals surface area contributed by atoms with Gasteiger partial charge >= 0.3 is 0 Å². The molecule has 19 heavy (non-hydrogen) atoms. The van der Waals surface area contributed by atoms with Gasteiger partial charge in [-0.3, -0.25) is 4.79 Å². The van der Waals surface area contributed by atoms with E-state index in [0.717, 1.165) is 18.5 Å². The number of carbonyl (C=O) groups is 1. The molecule has 0 radical (unpaired) electrons. The molecule has 0 aliphatic rings. The van der Waals surface area contributed by atoms with Gasteiger partial charge in [0.15, 0.2) is 0 Å². The number of rotatable bonds is 7. The summed E-state index contributed by atoms with van der Waals surface area (Å²) in [7, 11) is 1.57. The van der Waals surface area contributed by atoms with Gasteiger partial charge in [0.2, 0.25) is 11.8 Å². The van der Waals surface area contributed by atoms with Crippen molar-refractivity contribution < 1.29 is 9.53 Å². The second-order valence-electron chi connectivity index (χ2n) is 4.65. The number of carbonyl (C=O) groups excluding carboxylic acids is 1. The van der Waals surface area contributed by atoms with E-state index in [1.54, 1.807) is 19.4 Å². The summed E-state index contributed by atoms with van der Waals surface area (Å²) in [5.41, 5.74) is 0.798. The maximum Gasteiger partial charge on any atom is 0.242 e. The van der Waals surface area contributed by atoms with Gasteiger partial charge in [0, 0.05) is 12.1 Å². The number of methoxy groups -OCH3 is 1. The summed E-state index contributed by atoms with van der Waals surface area (Å²) >= 11 is 0. The van der Waals surface area contributed by atoms with Crippen LogP contribution in [-0.2, 0) is 4.79 Å². The smallest absolute Gasteiger partial charge is 0.242 e. The summed E-state index contributed by atoms with van der Waals surface area (Å²) in [6.07, 6.45) is 3.70. The highest BCUT2D eigenvalue weighted by Gasteiger charge is 2.14. The summed E-state index contributed by atoms with van der Waals surface area (Å²) in [5.74, 6) is 0.552. The van der Waals surface area contributed by atoms with E-state index < -0.39 is 0 Å². The number of pyridine rings is 1. The highest BCUT2D eigenvalue weighted by molar-refractivity contribution is 5.84. The number of anilines is 1. The van der Waals surface area contributed by atoms with E-state index in [2.05, 4.69) is 22.5 Å². The number of hydrogen-bond acceptors (Lipinski definition) is 4. The van der Waals surface area contributed by atoms with Crippen LogP contribution in [0.3, 0.4) is 0 Å². The van der Waals surface area contributed by atoms with Crippen LogP contribution in [0.1, 0.15) is 33.6 Å². The molecule has 1 amide bonds. The van der Waals surface area contributed by atoms with Gasteiger partial charge < -0.3 is 15.4 Å². The highest BCUT2D eigenvalue weighted by atomic mass is 16.5. The second-order valence-corrected chi connectivity index (χ2v) is 4.65. The van der Waals surface area contributed by atoms with Crippen LogP contribution in [0.25, 0.3) is 0 Å². The first kappa shape index (κ1) is 15.3. The Morgan fingerprint density at radius 3 is 2.68 bits per heavy atom. The van der Waals surface area contributed by atoms with Crippen molar-refractivity contribution in [3.8, 4) is 5.88 Å². The molecule has 0 bridgehead atoms. The van der Waals surface area contributed by atoms with Crippen molar-refractivity contribution in [2.75, 3.05) is 12.4 Å². The van der Waals surface area contributed by atoms with Gasteiger partial charge in [-0.25, -0.2) is 4.98 Å². The highest BCUT2D eigenvalue weighted by Crippen LogP contribution is 2.12. The molecule has 1 rings (SSSR count). The molecule has 0 aliphatic heterocycles. The van der Waals surface area contributed by atoms with E-state index in [1.807, 2.05) is 19.9 Å². The van der Waals surface area contributed by atoms with Crippen molar-refractivity contribution >= 4 is 11.6 Å². The lowest BCUT2D eigenvalue weighted by molar-refractivity contribution is -0.122. The van der Waals surface area contributed by atoms with E-state index >= 15 is 0 Å². The third-order valence-electron chi connectivity index (χ3n) is 2.83. The van der Waals surface area contributed by atoms with E-state index in [0.29, 0.717) is 5.88 Å². The Morgan fingerprint density at radius 1 is 1.42 bits per heavy atom. The minimum absolute atomic E-state index is 0.00299. The molecule has 0 saturated heterocycles. The van der Waals surface area contributed by atoms with Gasteiger partial charge in [0.25, 0.3) is 0 Å². The van der Waals surface area contributed by atoms with Gasteiger partial charge in [0.05, 0.1) is 19.0 Å². The predicted octanol–water partition coefficient (Wildman–Crippen LogP) is 2.20. The molecule has 0 aliphatic carbocycles. The molecule has 2 unspecified atom stereocenters. The van der Waals surface area contributed by atoms with Crippen LogP contribution in [0, 0.1) is 0 Å². The number of nitrogens with one attached hydrogen (secondary N) is 2. The number of ether oxygens (including phenoxy) is 1. The third-order valence-corrected chi connectivity index (χ3v) is 2.83. The third kappa shape index (κ3) is 5.16. The van der Waals surface area contributed by atoms with Crippen molar-refractivity contribution in [1.82, 2.24) is 10.3 Å². The summed E-state index contributed by atoms with van der Waals surface area (Å²) in [4.78, 5) is 16.0. The fourth-order valence-corrected chi connectivity index (χ4v) is 1.78. The van der Waals surface area contributed by atoms with Crippen LogP contribution in [0.5, 0.6) is 5.88 Å². The maximum absolute atomic E-state index is 11.9. The Labute approximate surface area is 114 Å². The van der Waals surface area contributed by atoms with Gasteiger partial charge in [-0.15, -0.1) is 0 Å². The minimum atomic E-state index is -0.297. The molecule has 0 saturated carbocycles. The molecule has 0 spiro atoms. The van der Waals surface area contributed by atoms with Crippen LogP contribution < -0.4 is 15.4 Å². The Morgan fingerprint density at radius 2 is 2.16 bits per heavy atom. The van der Waals surface area contributed by atoms with Crippen LogP contribution >= 0.6 is 0 Å². The Hall–Kier alpha value is -1.78. The van der Waals surface area contributed by atoms with Crippen LogP contribution in [-0.4, -0.2) is 30.1 Å². The summed E-state index contributed by atoms with van der Waals surface area (Å²) < 4.78 is 4.98. The summed E-state index contributed by atoms with van der Waals surface area (Å²) in [6.45, 7) is 5.95. The molecule has 0 aromatic carbocycles. The number of aromatic nitrogens is 1. The number of amides is 1. The normalized spacial score (nSPS) is 13.5. The van der Waals surface area contributed by atoms with Crippen molar-refractivity contribution in [2.24, 2.45) is 0 Å². The summed E-state index contributed by atoms with van der Waals surface area (Å²) in [5, 5.41) is 6.09. The average Bonchev–Trinajstić information content (AvgIpc) is 2.39. The molecular formula is C14H23N3O2. The zero-order chi connectivity index (χ0) is 14.3. The largest absolute Gasteiger partial charge is 0.481 e. The van der Waals surface area contributed by atoms with Crippen molar-refractivity contribution in [3.05, 3.63) is 18.3 Å². The van der Waals surface area contributed by atoms with Gasteiger partial charge in [-0.1, -0.05) is 13.3 Å². The molecule has 1 aromatic heterocycles. The molecule has 5 nitrogen and oxygen atoms in total. The lowest BCUT2D eigenvalue weighted by Crippen LogP contribution is -2.42. The number of hydrogen-bond donors (Lipinski definition) is 2. The lowest BCUT2D eigenvalue weighted by atomic mass is 10.2. The quantitative estimate of drug-likeness (QED) is 0.793. The minimum Gasteiger partial charge on any atom is -0.481 e. The molecule has 1 aromatic rings. The van der Waals surface area contributed by atoms with Gasteiger partial charge in [0.1, 0.15) is 6.04 Å². The van der Waals surface area contributed by atoms with Crippen molar-refractivity contribution in [2.45, 2.75) is 45.7 Å². The van der Waals surface area contributed by atoms with E-state index in [1.165, 1.54) is 0 Å². The van der Waals surface area contributed by atoms with Crippen LogP contribution in [0.2, 0.25) is 0 Å². The molecule has 2 N–H and O–H groups in total. The monoisotopic (exact) mass is 265 g/mol. The zero-order valence-corrected chi connectivity index (χ0v) is 12.1. The average molecular weight is 265 g/mol. The van der Waals surface area contributed by atoms with E-state index in [9.17, 15) is 4.79 Å². The first-order valence-electron chi connectivity index (χ1n) is 6.63. The fraction of sp³-hybridized carbons (Fsp3) is 0.571. The molecule has 2 atom stereocenters. The van der Waals surface area contributed by atoms with E-state index in [4.69, 9.17) is 4.74 Å². The molecule has 0 fully saturated rings. The standard InChI is InChI=1S/C14H23N3O2/c1-5-6-10(2)16-14(18)11(3)17-12-7-8-13(19-4)15-9-12/h7-11,17H,5-6H2,1-4H3,(H,16,18). The number of nitrogens with zero attached hydrogens (tertiary/aromatic N) is 1. The second kappa shape index (κ2) is 7.61. The first-order valence-corrected chi connectivity index (χ1v) is 6.63. The van der Waals surface area contributed by atoms with Crippen LogP contribution in [0.15, 0.2) is 18.3 Å². The fourth-order valence-electron chi connectivity index (χ4n) is 1.78. The molecule has 5 heteroatoms. The van der Waals surface area contributed by atoms with E-state index in [-0.39, 0.29) is 18.0 Å². The Kier molecular flexibility index (Phi) is 6.12. The zero-order valence-electron chi connectivity index (χ0n) is 12.1. The molecule has 1 heterocycles. The van der Waals surface area contributed by atoms with Crippen LogP contribution in [0.4, 0.5) is 5.69 Å². The SMILES string of the molecule is CCCC(C)NC(=O)C(C)Nc1ccc(OC)nc1. The topological polar surface area (TPSA) is 63.2 Å². The van der Waals surface area contributed by atoms with Crippen molar-refractivity contribution in [1.29, 1.82) is 0 Å². The van der Waals surface area contributed by atoms with Gasteiger partial charge in [-0.2, -0.15) is 0 Å². The predicted molar refractivity (Wildman–Crippen MR) is 76.4 cm³/mol. The lowest BCUT2D eigenvalue weighted by Gasteiger charge is -2.18. The maximum atomic E-state index is 11.9. The molecule has 106 valence electrons.